The van der Waals surface area contributed by atoms with E-state index in [-0.39, 0.29) is 11.4 Å². The Labute approximate surface area is 129 Å². The van der Waals surface area contributed by atoms with E-state index in [0.29, 0.717) is 16.7 Å². The summed E-state index contributed by atoms with van der Waals surface area (Å²) in [5, 5.41) is 13.9. The molecule has 21 heavy (non-hydrogen) atoms. The van der Waals surface area contributed by atoms with Crippen LogP contribution in [0.25, 0.3) is 0 Å². The van der Waals surface area contributed by atoms with Crippen molar-refractivity contribution in [2.24, 2.45) is 0 Å². The summed E-state index contributed by atoms with van der Waals surface area (Å²) in [5.74, 6) is -0.302. The molecular weight excluding hydrogens is 343 g/mol. The van der Waals surface area contributed by atoms with Crippen LogP contribution in [-0.2, 0) is 6.54 Å². The van der Waals surface area contributed by atoms with Crippen LogP contribution in [0.3, 0.4) is 0 Å². The van der Waals surface area contributed by atoms with Crippen LogP contribution in [0.15, 0.2) is 40.9 Å². The highest BCUT2D eigenvalue weighted by Gasteiger charge is 2.12. The van der Waals surface area contributed by atoms with Crippen LogP contribution in [0.4, 0.5) is 15.8 Å². The SMILES string of the molecule is COc1cc(NCc2ccc(Br)c([N+](=O)[O-])c2)ccc1F. The number of anilines is 1. The maximum atomic E-state index is 13.3. The first-order valence-corrected chi connectivity index (χ1v) is 6.81. The van der Waals surface area contributed by atoms with Crippen molar-refractivity contribution in [3.8, 4) is 5.75 Å². The molecule has 0 aromatic heterocycles. The molecule has 0 aliphatic carbocycles. The summed E-state index contributed by atoms with van der Waals surface area (Å²) in [5.41, 5.74) is 1.41. The van der Waals surface area contributed by atoms with Gasteiger partial charge in [-0.2, -0.15) is 0 Å². The van der Waals surface area contributed by atoms with Crippen LogP contribution >= 0.6 is 15.9 Å². The van der Waals surface area contributed by atoms with Crippen molar-refractivity contribution >= 4 is 27.3 Å². The molecule has 5 nitrogen and oxygen atoms in total. The number of rotatable bonds is 5. The summed E-state index contributed by atoms with van der Waals surface area (Å²) in [7, 11) is 1.39. The molecule has 0 heterocycles. The molecule has 0 fully saturated rings. The molecule has 0 unspecified atom stereocenters. The average molecular weight is 355 g/mol. The van der Waals surface area contributed by atoms with E-state index in [9.17, 15) is 14.5 Å². The average Bonchev–Trinajstić information content (AvgIpc) is 2.47. The molecule has 0 spiro atoms. The topological polar surface area (TPSA) is 64.4 Å². The zero-order chi connectivity index (χ0) is 15.4. The normalized spacial score (nSPS) is 10.2. The van der Waals surface area contributed by atoms with Crippen molar-refractivity contribution in [1.82, 2.24) is 0 Å². The molecule has 0 atom stereocenters. The monoisotopic (exact) mass is 354 g/mol. The van der Waals surface area contributed by atoms with Crippen LogP contribution in [0.2, 0.25) is 0 Å². The third-order valence-corrected chi connectivity index (χ3v) is 3.53. The summed E-state index contributed by atoms with van der Waals surface area (Å²) >= 11 is 3.13. The Kier molecular flexibility index (Phi) is 4.74. The van der Waals surface area contributed by atoms with Gasteiger partial charge in [-0.1, -0.05) is 6.07 Å². The number of benzene rings is 2. The molecule has 0 saturated carbocycles. The van der Waals surface area contributed by atoms with Gasteiger partial charge in [0.1, 0.15) is 0 Å². The van der Waals surface area contributed by atoms with Crippen LogP contribution in [0.1, 0.15) is 5.56 Å². The van der Waals surface area contributed by atoms with Gasteiger partial charge in [-0.25, -0.2) is 4.39 Å². The van der Waals surface area contributed by atoms with E-state index in [0.717, 1.165) is 5.56 Å². The lowest BCUT2D eigenvalue weighted by Crippen LogP contribution is -2.01. The molecule has 0 aliphatic rings. The Hall–Kier alpha value is -2.15. The van der Waals surface area contributed by atoms with E-state index in [4.69, 9.17) is 4.74 Å². The second-order valence-corrected chi connectivity index (χ2v) is 5.10. The summed E-state index contributed by atoms with van der Waals surface area (Å²) < 4.78 is 18.6. The van der Waals surface area contributed by atoms with Crippen LogP contribution < -0.4 is 10.1 Å². The molecule has 0 saturated heterocycles. The van der Waals surface area contributed by atoms with Crippen LogP contribution in [0.5, 0.6) is 5.75 Å². The molecular formula is C14H12BrFN2O3. The molecule has 0 radical (unpaired) electrons. The zero-order valence-corrected chi connectivity index (χ0v) is 12.7. The summed E-state index contributed by atoms with van der Waals surface area (Å²) in [4.78, 5) is 10.4. The highest BCUT2D eigenvalue weighted by molar-refractivity contribution is 9.10. The van der Waals surface area contributed by atoms with E-state index in [1.807, 2.05) is 0 Å². The number of hydrogen-bond donors (Lipinski definition) is 1. The van der Waals surface area contributed by atoms with Crippen molar-refractivity contribution in [2.75, 3.05) is 12.4 Å². The number of nitrogens with one attached hydrogen (secondary N) is 1. The van der Waals surface area contributed by atoms with Gasteiger partial charge in [0.25, 0.3) is 5.69 Å². The number of nitro benzene ring substituents is 1. The Bertz CT molecular complexity index is 679. The smallest absolute Gasteiger partial charge is 0.283 e. The predicted octanol–water partition coefficient (Wildman–Crippen LogP) is 4.12. The van der Waals surface area contributed by atoms with Crippen LogP contribution in [0, 0.1) is 15.9 Å². The van der Waals surface area contributed by atoms with Gasteiger partial charge in [-0.05, 0) is 39.7 Å². The third-order valence-electron chi connectivity index (χ3n) is 2.85. The Balaban J connectivity index is 2.13. The molecule has 0 bridgehead atoms. The lowest BCUT2D eigenvalue weighted by molar-refractivity contribution is -0.385. The number of hydrogen-bond acceptors (Lipinski definition) is 4. The van der Waals surface area contributed by atoms with E-state index >= 15 is 0 Å². The number of halogens is 2. The van der Waals surface area contributed by atoms with Crippen molar-refractivity contribution in [2.45, 2.75) is 6.54 Å². The Morgan fingerprint density at radius 2 is 2.10 bits per heavy atom. The first-order valence-electron chi connectivity index (χ1n) is 6.01. The first kappa shape index (κ1) is 15.2. The number of methoxy groups -OCH3 is 1. The lowest BCUT2D eigenvalue weighted by Gasteiger charge is -2.09. The van der Waals surface area contributed by atoms with Gasteiger partial charge in [-0.15, -0.1) is 0 Å². The minimum absolute atomic E-state index is 0.00554. The minimum atomic E-state index is -0.450. The van der Waals surface area contributed by atoms with Gasteiger partial charge in [-0.3, -0.25) is 10.1 Å². The number of nitro groups is 1. The summed E-state index contributed by atoms with van der Waals surface area (Å²) in [6, 6.07) is 9.28. The second-order valence-electron chi connectivity index (χ2n) is 4.25. The van der Waals surface area contributed by atoms with E-state index < -0.39 is 10.7 Å². The fraction of sp³-hybridized carbons (Fsp3) is 0.143. The van der Waals surface area contributed by atoms with E-state index in [1.165, 1.54) is 25.3 Å². The van der Waals surface area contributed by atoms with Gasteiger partial charge in [0.05, 0.1) is 16.5 Å². The van der Waals surface area contributed by atoms with Gasteiger partial charge in [0.2, 0.25) is 0 Å². The molecule has 2 rings (SSSR count). The molecule has 0 amide bonds. The Morgan fingerprint density at radius 1 is 1.33 bits per heavy atom. The minimum Gasteiger partial charge on any atom is -0.494 e. The van der Waals surface area contributed by atoms with Crippen LogP contribution in [-0.4, -0.2) is 12.0 Å². The Morgan fingerprint density at radius 3 is 2.76 bits per heavy atom. The highest BCUT2D eigenvalue weighted by Crippen LogP contribution is 2.26. The quantitative estimate of drug-likeness (QED) is 0.647. The van der Waals surface area contributed by atoms with Crippen molar-refractivity contribution in [1.29, 1.82) is 0 Å². The fourth-order valence-corrected chi connectivity index (χ4v) is 2.17. The molecule has 2 aromatic rings. The maximum Gasteiger partial charge on any atom is 0.283 e. The lowest BCUT2D eigenvalue weighted by atomic mass is 10.2. The first-order chi connectivity index (χ1) is 10.0. The van der Waals surface area contributed by atoms with Gasteiger partial charge >= 0.3 is 0 Å². The number of nitrogens with zero attached hydrogens (tertiary/aromatic N) is 1. The largest absolute Gasteiger partial charge is 0.494 e. The fourth-order valence-electron chi connectivity index (χ4n) is 1.78. The van der Waals surface area contributed by atoms with Gasteiger partial charge < -0.3 is 10.1 Å². The predicted molar refractivity (Wildman–Crippen MR) is 81.1 cm³/mol. The molecule has 0 aliphatic heterocycles. The molecule has 7 heteroatoms. The summed E-state index contributed by atoms with van der Waals surface area (Å²) in [6.45, 7) is 0.378. The molecule has 110 valence electrons. The molecule has 2 aromatic carbocycles. The van der Waals surface area contributed by atoms with Gasteiger partial charge in [0, 0.05) is 24.4 Å². The van der Waals surface area contributed by atoms with Gasteiger partial charge in [0.15, 0.2) is 11.6 Å². The standard InChI is InChI=1S/C14H12BrFN2O3/c1-21-14-7-10(3-5-12(14)16)17-8-9-2-4-11(15)13(6-9)18(19)20/h2-7,17H,8H2,1H3. The van der Waals surface area contributed by atoms with Crippen molar-refractivity contribution in [3.05, 3.63) is 62.4 Å². The van der Waals surface area contributed by atoms with E-state index in [1.54, 1.807) is 18.2 Å². The summed E-state index contributed by atoms with van der Waals surface area (Å²) in [6.07, 6.45) is 0. The van der Waals surface area contributed by atoms with Crippen molar-refractivity contribution < 1.29 is 14.1 Å². The second kappa shape index (κ2) is 6.53. The maximum absolute atomic E-state index is 13.3. The zero-order valence-electron chi connectivity index (χ0n) is 11.1. The molecule has 1 N–H and O–H groups in total. The highest BCUT2D eigenvalue weighted by atomic mass is 79.9. The third kappa shape index (κ3) is 3.69. The van der Waals surface area contributed by atoms with E-state index in [2.05, 4.69) is 21.2 Å². The number of ether oxygens (including phenoxy) is 1. The van der Waals surface area contributed by atoms with Crippen molar-refractivity contribution in [3.63, 3.8) is 0 Å².